The number of rotatable bonds is 11. The van der Waals surface area contributed by atoms with Crippen molar-refractivity contribution < 1.29 is 18.0 Å². The van der Waals surface area contributed by atoms with Crippen molar-refractivity contribution in [1.82, 2.24) is 10.2 Å². The maximum absolute atomic E-state index is 14.1. The van der Waals surface area contributed by atoms with Crippen LogP contribution in [-0.4, -0.2) is 50.0 Å². The molecule has 40 heavy (non-hydrogen) atoms. The van der Waals surface area contributed by atoms with Gasteiger partial charge in [0, 0.05) is 19.0 Å². The summed E-state index contributed by atoms with van der Waals surface area (Å²) in [6.45, 7) is 6.93. The van der Waals surface area contributed by atoms with Crippen LogP contribution in [-0.2, 0) is 32.6 Å². The second-order valence-electron chi connectivity index (χ2n) is 10.2. The van der Waals surface area contributed by atoms with Gasteiger partial charge in [0.1, 0.15) is 12.6 Å². The summed E-state index contributed by atoms with van der Waals surface area (Å²) in [7, 11) is -3.84. The van der Waals surface area contributed by atoms with E-state index >= 15 is 0 Å². The Morgan fingerprint density at radius 2 is 1.57 bits per heavy atom. The molecule has 3 aromatic rings. The van der Waals surface area contributed by atoms with Crippen LogP contribution in [0.5, 0.6) is 0 Å². The molecule has 0 fully saturated rings. The number of carbonyl (C=O) groups excluding carboxylic acids is 2. The van der Waals surface area contributed by atoms with Gasteiger partial charge in [0.25, 0.3) is 0 Å². The Balaban J connectivity index is 2.09. The molecule has 10 heteroatoms. The summed E-state index contributed by atoms with van der Waals surface area (Å²) in [5.41, 5.74) is 3.59. The van der Waals surface area contributed by atoms with E-state index < -0.39 is 28.5 Å². The smallest absolute Gasteiger partial charge is 0.244 e. The lowest BCUT2D eigenvalue weighted by Gasteiger charge is -2.34. The fraction of sp³-hybridized carbons (Fsp3) is 0.333. The highest BCUT2D eigenvalue weighted by atomic mass is 35.5. The van der Waals surface area contributed by atoms with E-state index in [4.69, 9.17) is 23.2 Å². The Morgan fingerprint density at radius 3 is 2.15 bits per heavy atom. The second-order valence-corrected chi connectivity index (χ2v) is 12.9. The number of nitrogens with one attached hydrogen (secondary N) is 1. The van der Waals surface area contributed by atoms with Gasteiger partial charge in [0.15, 0.2) is 0 Å². The summed E-state index contributed by atoms with van der Waals surface area (Å²) < 4.78 is 27.0. The Morgan fingerprint density at radius 1 is 0.900 bits per heavy atom. The van der Waals surface area contributed by atoms with Crippen molar-refractivity contribution in [2.24, 2.45) is 0 Å². The molecule has 0 unspecified atom stereocenters. The fourth-order valence-electron chi connectivity index (χ4n) is 4.45. The number of halogens is 2. The van der Waals surface area contributed by atoms with Gasteiger partial charge in [-0.05, 0) is 62.6 Å². The van der Waals surface area contributed by atoms with Crippen LogP contribution in [0.25, 0.3) is 0 Å². The molecule has 0 spiro atoms. The van der Waals surface area contributed by atoms with Crippen LogP contribution in [0.4, 0.5) is 5.69 Å². The van der Waals surface area contributed by atoms with Crippen LogP contribution in [0.1, 0.15) is 36.1 Å². The van der Waals surface area contributed by atoms with Gasteiger partial charge in [0.05, 0.1) is 22.0 Å². The summed E-state index contributed by atoms with van der Waals surface area (Å²) in [6.07, 6.45) is 1.30. The van der Waals surface area contributed by atoms with Crippen molar-refractivity contribution in [3.63, 3.8) is 0 Å². The summed E-state index contributed by atoms with van der Waals surface area (Å²) in [4.78, 5) is 29.1. The van der Waals surface area contributed by atoms with Crippen molar-refractivity contribution >= 4 is 50.7 Å². The van der Waals surface area contributed by atoms with Crippen LogP contribution in [0.3, 0.4) is 0 Å². The zero-order chi connectivity index (χ0) is 29.6. The minimum Gasteiger partial charge on any atom is -0.352 e. The summed E-state index contributed by atoms with van der Waals surface area (Å²) in [5.74, 6) is -0.874. The average molecular weight is 605 g/mol. The number of sulfonamides is 1. The maximum atomic E-state index is 14.1. The predicted molar refractivity (Wildman–Crippen MR) is 162 cm³/mol. The number of aryl methyl sites for hydroxylation is 2. The molecular formula is C30H35Cl2N3O4S. The molecule has 1 atom stereocenters. The number of hydrogen-bond donors (Lipinski definition) is 1. The first-order valence-corrected chi connectivity index (χ1v) is 15.5. The molecule has 0 aliphatic carbocycles. The quantitative estimate of drug-likeness (QED) is 0.312. The summed E-state index contributed by atoms with van der Waals surface area (Å²) in [5, 5.41) is 3.60. The molecule has 0 aromatic heterocycles. The zero-order valence-corrected chi connectivity index (χ0v) is 25.6. The van der Waals surface area contributed by atoms with Crippen molar-refractivity contribution in [3.8, 4) is 0 Å². The van der Waals surface area contributed by atoms with Crippen molar-refractivity contribution in [2.75, 3.05) is 17.1 Å². The minimum atomic E-state index is -3.84. The topological polar surface area (TPSA) is 86.8 Å². The predicted octanol–water partition coefficient (Wildman–Crippen LogP) is 5.54. The zero-order valence-electron chi connectivity index (χ0n) is 23.3. The Labute approximate surface area is 247 Å². The van der Waals surface area contributed by atoms with Crippen LogP contribution >= 0.6 is 23.2 Å². The third-order valence-corrected chi connectivity index (χ3v) is 8.20. The van der Waals surface area contributed by atoms with Crippen LogP contribution < -0.4 is 9.62 Å². The lowest BCUT2D eigenvalue weighted by atomic mass is 10.0. The number of benzene rings is 3. The molecule has 0 aliphatic rings. The largest absolute Gasteiger partial charge is 0.352 e. The molecule has 0 bridgehead atoms. The highest BCUT2D eigenvalue weighted by Crippen LogP contribution is 2.26. The van der Waals surface area contributed by atoms with E-state index in [0.717, 1.165) is 21.7 Å². The van der Waals surface area contributed by atoms with Gasteiger partial charge < -0.3 is 10.2 Å². The molecule has 0 saturated heterocycles. The van der Waals surface area contributed by atoms with E-state index in [-0.39, 0.29) is 24.9 Å². The first kappa shape index (κ1) is 31.5. The molecule has 3 aromatic carbocycles. The summed E-state index contributed by atoms with van der Waals surface area (Å²) >= 11 is 12.4. The molecular weight excluding hydrogens is 569 g/mol. The molecule has 7 nitrogen and oxygen atoms in total. The van der Waals surface area contributed by atoms with E-state index in [1.54, 1.807) is 37.3 Å². The lowest BCUT2D eigenvalue weighted by molar-refractivity contribution is -0.140. The van der Waals surface area contributed by atoms with Crippen molar-refractivity contribution in [1.29, 1.82) is 0 Å². The maximum Gasteiger partial charge on any atom is 0.244 e. The minimum absolute atomic E-state index is 0.0171. The standard InChI is InChI=1S/C30H35Cl2N3O4S/c1-20(2)33-30(37)28(17-23-9-7-6-8-10-23)34(18-24-12-13-25(31)26(32)16-24)29(36)19-35(40(5,38)39)27-14-11-21(3)15-22(27)4/h6-16,20,28H,17-19H2,1-5H3,(H,33,37)/t28-/m0/s1. The highest BCUT2D eigenvalue weighted by Gasteiger charge is 2.33. The number of anilines is 1. The molecule has 2 amide bonds. The molecule has 1 N–H and O–H groups in total. The van der Waals surface area contributed by atoms with E-state index in [1.807, 2.05) is 57.2 Å². The molecule has 0 radical (unpaired) electrons. The average Bonchev–Trinajstić information content (AvgIpc) is 2.86. The molecule has 0 saturated carbocycles. The Bertz CT molecular complexity index is 1460. The Kier molecular flexibility index (Phi) is 10.6. The van der Waals surface area contributed by atoms with Crippen LogP contribution in [0.15, 0.2) is 66.7 Å². The SMILES string of the molecule is Cc1ccc(N(CC(=O)N(Cc2ccc(Cl)c(Cl)c2)[C@@H](Cc2ccccc2)C(=O)NC(C)C)S(C)(=O)=O)c(C)c1. The molecule has 214 valence electrons. The van der Waals surface area contributed by atoms with E-state index in [9.17, 15) is 18.0 Å². The third-order valence-electron chi connectivity index (χ3n) is 6.34. The van der Waals surface area contributed by atoms with Gasteiger partial charge in [-0.3, -0.25) is 13.9 Å². The Hall–Kier alpha value is -3.07. The normalized spacial score (nSPS) is 12.2. The molecule has 0 heterocycles. The number of carbonyl (C=O) groups is 2. The number of amides is 2. The van der Waals surface area contributed by atoms with Crippen LogP contribution in [0.2, 0.25) is 10.0 Å². The fourth-order valence-corrected chi connectivity index (χ4v) is 5.68. The van der Waals surface area contributed by atoms with Gasteiger partial charge in [0.2, 0.25) is 21.8 Å². The number of nitrogens with zero attached hydrogens (tertiary/aromatic N) is 2. The highest BCUT2D eigenvalue weighted by molar-refractivity contribution is 7.92. The molecule has 0 aliphatic heterocycles. The lowest BCUT2D eigenvalue weighted by Crippen LogP contribution is -2.54. The monoisotopic (exact) mass is 603 g/mol. The van der Waals surface area contributed by atoms with Gasteiger partial charge >= 0.3 is 0 Å². The van der Waals surface area contributed by atoms with Gasteiger partial charge in [-0.2, -0.15) is 0 Å². The van der Waals surface area contributed by atoms with Gasteiger partial charge in [-0.25, -0.2) is 8.42 Å². The second kappa shape index (κ2) is 13.5. The van der Waals surface area contributed by atoms with Gasteiger partial charge in [-0.15, -0.1) is 0 Å². The van der Waals surface area contributed by atoms with E-state index in [2.05, 4.69) is 5.32 Å². The number of hydrogen-bond acceptors (Lipinski definition) is 4. The third kappa shape index (κ3) is 8.46. The van der Waals surface area contributed by atoms with Crippen molar-refractivity contribution in [3.05, 3.63) is 99.0 Å². The van der Waals surface area contributed by atoms with Crippen LogP contribution in [0, 0.1) is 13.8 Å². The van der Waals surface area contributed by atoms with E-state index in [1.165, 1.54) is 4.90 Å². The first-order valence-electron chi connectivity index (χ1n) is 12.9. The molecule has 3 rings (SSSR count). The van der Waals surface area contributed by atoms with Gasteiger partial charge in [-0.1, -0.05) is 77.3 Å². The summed E-state index contributed by atoms with van der Waals surface area (Å²) in [6, 6.07) is 18.6. The first-order chi connectivity index (χ1) is 18.8. The van der Waals surface area contributed by atoms with E-state index in [0.29, 0.717) is 26.9 Å². The van der Waals surface area contributed by atoms with Crippen molar-refractivity contribution in [2.45, 2.75) is 52.7 Å².